The van der Waals surface area contributed by atoms with Crippen LogP contribution in [0.15, 0.2) is 42.5 Å². The smallest absolute Gasteiger partial charge is 0.277 e. The first-order valence-electron chi connectivity index (χ1n) is 8.19. The summed E-state index contributed by atoms with van der Waals surface area (Å²) in [6, 6.07) is 12.3. The SMILES string of the molecule is COc1cc(C(=O)NCC(F)(F)CN)cc(OC)c1OCc1ccccc1.Cl. The number of amides is 1. The number of rotatable bonds is 9. The molecule has 154 valence electrons. The van der Waals surface area contributed by atoms with Crippen LogP contribution in [0.5, 0.6) is 17.2 Å². The lowest BCUT2D eigenvalue weighted by Gasteiger charge is -2.17. The standard InChI is InChI=1S/C19H22F2N2O4.ClH/c1-25-15-8-14(18(24)23-12-19(20,21)11-22)9-16(26-2)17(15)27-10-13-6-4-3-5-7-13;/h3-9H,10-12,22H2,1-2H3,(H,23,24);1H. The highest BCUT2D eigenvalue weighted by Crippen LogP contribution is 2.39. The van der Waals surface area contributed by atoms with Crippen LogP contribution >= 0.6 is 12.4 Å². The van der Waals surface area contributed by atoms with Gasteiger partial charge in [0.05, 0.1) is 27.3 Å². The Labute approximate surface area is 168 Å². The minimum atomic E-state index is -3.18. The van der Waals surface area contributed by atoms with E-state index in [-0.39, 0.29) is 36.1 Å². The van der Waals surface area contributed by atoms with Gasteiger partial charge in [0.25, 0.3) is 11.8 Å². The number of benzene rings is 2. The number of halogens is 3. The van der Waals surface area contributed by atoms with E-state index in [1.807, 2.05) is 30.3 Å². The van der Waals surface area contributed by atoms with Gasteiger partial charge in [-0.1, -0.05) is 30.3 Å². The van der Waals surface area contributed by atoms with E-state index in [2.05, 4.69) is 5.32 Å². The number of carbonyl (C=O) groups is 1. The summed E-state index contributed by atoms with van der Waals surface area (Å²) >= 11 is 0. The molecular weight excluding hydrogens is 394 g/mol. The molecule has 2 rings (SSSR count). The number of methoxy groups -OCH3 is 2. The maximum Gasteiger partial charge on any atom is 0.277 e. The van der Waals surface area contributed by atoms with Gasteiger partial charge < -0.3 is 25.3 Å². The zero-order chi connectivity index (χ0) is 19.9. The van der Waals surface area contributed by atoms with Crippen molar-refractivity contribution in [2.75, 3.05) is 27.3 Å². The predicted octanol–water partition coefficient (Wildman–Crippen LogP) is 3.03. The maximum atomic E-state index is 13.2. The number of ether oxygens (including phenoxy) is 3. The molecule has 2 aromatic carbocycles. The lowest BCUT2D eigenvalue weighted by molar-refractivity contribution is 0.0118. The minimum absolute atomic E-state index is 0. The summed E-state index contributed by atoms with van der Waals surface area (Å²) < 4.78 is 42.8. The molecule has 9 heteroatoms. The van der Waals surface area contributed by atoms with Crippen molar-refractivity contribution in [3.05, 3.63) is 53.6 Å². The first-order valence-corrected chi connectivity index (χ1v) is 8.19. The predicted molar refractivity (Wildman–Crippen MR) is 104 cm³/mol. The molecule has 0 radical (unpaired) electrons. The van der Waals surface area contributed by atoms with Crippen molar-refractivity contribution in [2.45, 2.75) is 12.5 Å². The van der Waals surface area contributed by atoms with Crippen LogP contribution in [0.1, 0.15) is 15.9 Å². The molecule has 0 saturated carbocycles. The van der Waals surface area contributed by atoms with Crippen molar-refractivity contribution >= 4 is 18.3 Å². The Kier molecular flexibility index (Phi) is 8.94. The van der Waals surface area contributed by atoms with Crippen LogP contribution in [0.25, 0.3) is 0 Å². The van der Waals surface area contributed by atoms with Gasteiger partial charge in [-0.3, -0.25) is 4.79 Å². The first kappa shape index (κ1) is 23.5. The van der Waals surface area contributed by atoms with E-state index in [1.54, 1.807) is 0 Å². The fourth-order valence-corrected chi connectivity index (χ4v) is 2.27. The van der Waals surface area contributed by atoms with E-state index in [0.717, 1.165) is 5.56 Å². The molecule has 0 aliphatic carbocycles. The molecule has 2 aromatic rings. The Morgan fingerprint density at radius 3 is 2.18 bits per heavy atom. The number of nitrogens with two attached hydrogens (primary N) is 1. The number of alkyl halides is 2. The molecule has 0 aromatic heterocycles. The van der Waals surface area contributed by atoms with Crippen LogP contribution in [-0.2, 0) is 6.61 Å². The largest absolute Gasteiger partial charge is 0.493 e. The third-order valence-electron chi connectivity index (χ3n) is 3.76. The number of hydrogen-bond donors (Lipinski definition) is 2. The molecule has 0 aliphatic rings. The molecule has 0 heterocycles. The Balaban J connectivity index is 0.00000392. The third kappa shape index (κ3) is 6.24. The van der Waals surface area contributed by atoms with Gasteiger partial charge in [0, 0.05) is 5.56 Å². The highest BCUT2D eigenvalue weighted by atomic mass is 35.5. The summed E-state index contributed by atoms with van der Waals surface area (Å²) in [5, 5.41) is 2.15. The van der Waals surface area contributed by atoms with Gasteiger partial charge in [-0.15, -0.1) is 12.4 Å². The fourth-order valence-electron chi connectivity index (χ4n) is 2.27. The van der Waals surface area contributed by atoms with Gasteiger partial charge in [-0.05, 0) is 17.7 Å². The Hall–Kier alpha value is -2.58. The summed E-state index contributed by atoms with van der Waals surface area (Å²) in [5.41, 5.74) is 6.00. The molecule has 28 heavy (non-hydrogen) atoms. The summed E-state index contributed by atoms with van der Waals surface area (Å²) in [6.45, 7) is -1.45. The first-order chi connectivity index (χ1) is 12.9. The third-order valence-corrected chi connectivity index (χ3v) is 3.76. The monoisotopic (exact) mass is 416 g/mol. The molecule has 6 nitrogen and oxygen atoms in total. The molecule has 0 unspecified atom stereocenters. The van der Waals surface area contributed by atoms with Crippen LogP contribution in [0.3, 0.4) is 0 Å². The molecule has 3 N–H and O–H groups in total. The molecule has 0 bridgehead atoms. The van der Waals surface area contributed by atoms with Crippen molar-refractivity contribution in [3.8, 4) is 17.2 Å². The maximum absolute atomic E-state index is 13.2. The quantitative estimate of drug-likeness (QED) is 0.656. The molecular formula is C19H23ClF2N2O4. The van der Waals surface area contributed by atoms with Gasteiger partial charge in [0.1, 0.15) is 6.61 Å². The Bertz CT molecular complexity index is 751. The Morgan fingerprint density at radius 2 is 1.68 bits per heavy atom. The highest BCUT2D eigenvalue weighted by molar-refractivity contribution is 5.95. The summed E-state index contributed by atoms with van der Waals surface area (Å²) in [5.74, 6) is -3.06. The topological polar surface area (TPSA) is 82.8 Å². The number of nitrogens with one attached hydrogen (secondary N) is 1. The van der Waals surface area contributed by atoms with Gasteiger partial charge in [0.15, 0.2) is 11.5 Å². The van der Waals surface area contributed by atoms with Gasteiger partial charge >= 0.3 is 0 Å². The van der Waals surface area contributed by atoms with Crippen LogP contribution < -0.4 is 25.3 Å². The van der Waals surface area contributed by atoms with E-state index in [0.29, 0.717) is 5.75 Å². The second-order valence-electron chi connectivity index (χ2n) is 5.73. The molecule has 0 atom stereocenters. The lowest BCUT2D eigenvalue weighted by atomic mass is 10.1. The van der Waals surface area contributed by atoms with Crippen molar-refractivity contribution < 1.29 is 27.8 Å². The zero-order valence-corrected chi connectivity index (χ0v) is 16.4. The minimum Gasteiger partial charge on any atom is -0.493 e. The van der Waals surface area contributed by atoms with E-state index in [9.17, 15) is 13.6 Å². The van der Waals surface area contributed by atoms with Crippen molar-refractivity contribution in [2.24, 2.45) is 5.73 Å². The average Bonchev–Trinajstić information content (AvgIpc) is 2.70. The van der Waals surface area contributed by atoms with Crippen molar-refractivity contribution in [1.82, 2.24) is 5.32 Å². The Morgan fingerprint density at radius 1 is 1.11 bits per heavy atom. The van der Waals surface area contributed by atoms with E-state index in [4.69, 9.17) is 19.9 Å². The molecule has 0 saturated heterocycles. The van der Waals surface area contributed by atoms with Gasteiger partial charge in [-0.25, -0.2) is 8.78 Å². The summed E-state index contributed by atoms with van der Waals surface area (Å²) in [4.78, 5) is 12.2. The normalized spacial score (nSPS) is 10.6. The molecule has 0 spiro atoms. The zero-order valence-electron chi connectivity index (χ0n) is 15.5. The fraction of sp³-hybridized carbons (Fsp3) is 0.316. The van der Waals surface area contributed by atoms with E-state index < -0.39 is 24.9 Å². The van der Waals surface area contributed by atoms with Crippen LogP contribution in [0.2, 0.25) is 0 Å². The average molecular weight is 417 g/mol. The van der Waals surface area contributed by atoms with E-state index in [1.165, 1.54) is 26.4 Å². The molecule has 0 fully saturated rings. The summed E-state index contributed by atoms with van der Waals surface area (Å²) in [7, 11) is 2.82. The van der Waals surface area contributed by atoms with Crippen molar-refractivity contribution in [3.63, 3.8) is 0 Å². The van der Waals surface area contributed by atoms with E-state index >= 15 is 0 Å². The van der Waals surface area contributed by atoms with Crippen LogP contribution in [-0.4, -0.2) is 39.1 Å². The van der Waals surface area contributed by atoms with Crippen LogP contribution in [0, 0.1) is 0 Å². The number of hydrogen-bond acceptors (Lipinski definition) is 5. The summed E-state index contributed by atoms with van der Waals surface area (Å²) in [6.07, 6.45) is 0. The second kappa shape index (κ2) is 10.7. The van der Waals surface area contributed by atoms with Crippen LogP contribution in [0.4, 0.5) is 8.78 Å². The molecule has 1 amide bonds. The number of carbonyl (C=O) groups excluding carboxylic acids is 1. The lowest BCUT2D eigenvalue weighted by Crippen LogP contribution is -2.41. The van der Waals surface area contributed by atoms with Gasteiger partial charge in [-0.2, -0.15) is 0 Å². The second-order valence-corrected chi connectivity index (χ2v) is 5.73. The molecule has 0 aliphatic heterocycles. The highest BCUT2D eigenvalue weighted by Gasteiger charge is 2.28. The van der Waals surface area contributed by atoms with Crippen molar-refractivity contribution in [1.29, 1.82) is 0 Å². The van der Waals surface area contributed by atoms with Gasteiger partial charge in [0.2, 0.25) is 5.75 Å².